The van der Waals surface area contributed by atoms with Gasteiger partial charge in [0.2, 0.25) is 0 Å². The topological polar surface area (TPSA) is 229 Å². The van der Waals surface area contributed by atoms with Crippen LogP contribution < -0.4 is 11.5 Å². The fourth-order valence-corrected chi connectivity index (χ4v) is 8.09. The third kappa shape index (κ3) is 5.25. The van der Waals surface area contributed by atoms with E-state index in [0.717, 1.165) is 6.33 Å². The molecule has 18 nitrogen and oxygen atoms in total. The summed E-state index contributed by atoms with van der Waals surface area (Å²) in [6, 6.07) is 0. The molecule has 236 valence electrons. The Morgan fingerprint density at radius 2 is 1.23 bits per heavy atom. The quantitative estimate of drug-likeness (QED) is 0.174. The molecule has 3 fully saturated rings. The summed E-state index contributed by atoms with van der Waals surface area (Å²) in [4.78, 5) is 24.2. The van der Waals surface area contributed by atoms with Crippen molar-refractivity contribution in [2.24, 2.45) is 0 Å². The van der Waals surface area contributed by atoms with Crippen LogP contribution in [0.4, 0.5) is 20.4 Å². The highest BCUT2D eigenvalue weighted by Gasteiger charge is 2.54. The molecular formula is C20H22F2N10O8P2S2. The molecule has 44 heavy (non-hydrogen) atoms. The van der Waals surface area contributed by atoms with Crippen LogP contribution >= 0.6 is 38.1 Å². The number of hydrogen-bond donors (Lipinski definition) is 4. The number of rotatable bonds is 2. The van der Waals surface area contributed by atoms with Crippen molar-refractivity contribution in [3.05, 3.63) is 25.3 Å². The van der Waals surface area contributed by atoms with E-state index in [1.165, 1.54) is 28.1 Å². The van der Waals surface area contributed by atoms with Gasteiger partial charge in [0.1, 0.15) is 48.1 Å². The number of nitrogens with two attached hydrogens (primary N) is 2. The molecule has 0 saturated carbocycles. The van der Waals surface area contributed by atoms with E-state index in [-0.39, 0.29) is 34.0 Å². The van der Waals surface area contributed by atoms with Gasteiger partial charge < -0.3 is 20.9 Å². The van der Waals surface area contributed by atoms with Gasteiger partial charge in [-0.3, -0.25) is 27.2 Å². The van der Waals surface area contributed by atoms with Gasteiger partial charge in [0.15, 0.2) is 47.7 Å². The number of fused-ring (bicyclic) bond motifs is 5. The number of nitrogen functional groups attached to an aromatic ring is 2. The van der Waals surface area contributed by atoms with E-state index in [1.807, 2.05) is 0 Å². The van der Waals surface area contributed by atoms with Gasteiger partial charge in [-0.1, -0.05) is 24.5 Å². The lowest BCUT2D eigenvalue weighted by Crippen LogP contribution is -2.33. The number of alkyl halides is 2. The highest BCUT2D eigenvalue weighted by atomic mass is 32.7. The van der Waals surface area contributed by atoms with Crippen molar-refractivity contribution in [3.8, 4) is 0 Å². The smallest absolute Gasteiger partial charge is 0.382 e. The van der Waals surface area contributed by atoms with Crippen molar-refractivity contribution < 1.29 is 45.5 Å². The number of thiol groups is 2. The second-order valence-corrected chi connectivity index (χ2v) is 15.6. The standard InChI is InChI=1S/C20H22F2N10O8P2S2/c21-9-7-1-35-41(33,43)39-13-8(38-19(10(13)22)31-5-29-11-15(23)25-3-27-17(11)31)2-36-42(34,44)40-14(9)20(37-7)32-6-30-12-16(24)26-4-28-18(12)32/h3-10,13-14,19-20H,1-2H2,(H,33,43)(H,34,44)(H2,23,25,27)(H2,24,26,28)/t7-,8?,9-,10-,13-,14-,19-,20-,41-,42+/m1/s1. The van der Waals surface area contributed by atoms with Gasteiger partial charge in [-0.25, -0.2) is 47.8 Å². The Morgan fingerprint density at radius 3 is 1.82 bits per heavy atom. The zero-order valence-corrected chi connectivity index (χ0v) is 25.5. The molecule has 3 aliphatic rings. The van der Waals surface area contributed by atoms with Crippen molar-refractivity contribution in [1.82, 2.24) is 39.0 Å². The third-order valence-corrected chi connectivity index (χ3v) is 10.4. The number of halogens is 2. The summed E-state index contributed by atoms with van der Waals surface area (Å²) in [5.41, 5.74) is 12.4. The van der Waals surface area contributed by atoms with Crippen LogP contribution in [0.1, 0.15) is 12.5 Å². The summed E-state index contributed by atoms with van der Waals surface area (Å²) >= 11 is 7.99. The summed E-state index contributed by atoms with van der Waals surface area (Å²) < 4.78 is 94.5. The normalized spacial score (nSPS) is 38.3. The molecule has 0 spiro atoms. The molecule has 7 heterocycles. The first kappa shape index (κ1) is 30.2. The lowest BCUT2D eigenvalue weighted by Gasteiger charge is -2.26. The number of anilines is 2. The van der Waals surface area contributed by atoms with E-state index in [1.54, 1.807) is 0 Å². The van der Waals surface area contributed by atoms with Crippen LogP contribution in [0.3, 0.4) is 0 Å². The summed E-state index contributed by atoms with van der Waals surface area (Å²) in [6.45, 7) is -10.2. The summed E-state index contributed by atoms with van der Waals surface area (Å²) in [5.74, 6) is 0.0984. The van der Waals surface area contributed by atoms with E-state index in [0.29, 0.717) is 0 Å². The molecule has 10 atom stereocenters. The molecule has 3 saturated heterocycles. The molecule has 4 N–H and O–H groups in total. The van der Waals surface area contributed by atoms with Gasteiger partial charge in [0.05, 0.1) is 25.9 Å². The Balaban J connectivity index is 1.20. The Kier molecular flexibility index (Phi) is 7.59. The minimum Gasteiger partial charge on any atom is -0.382 e. The largest absolute Gasteiger partial charge is 0.386 e. The number of imidazole rings is 2. The van der Waals surface area contributed by atoms with E-state index >= 15 is 8.78 Å². The van der Waals surface area contributed by atoms with Gasteiger partial charge in [0, 0.05) is 0 Å². The Hall–Kier alpha value is -2.52. The fourth-order valence-electron chi connectivity index (χ4n) is 5.16. The summed E-state index contributed by atoms with van der Waals surface area (Å²) in [6.07, 6.45) is -8.18. The number of aromatic nitrogens is 8. The van der Waals surface area contributed by atoms with Gasteiger partial charge in [0.25, 0.3) is 0 Å². The van der Waals surface area contributed by atoms with Crippen molar-refractivity contribution in [1.29, 1.82) is 0 Å². The molecule has 0 radical (unpaired) electrons. The maximum absolute atomic E-state index is 16.0. The highest BCUT2D eigenvalue weighted by molar-refractivity contribution is 8.44. The predicted molar refractivity (Wildman–Crippen MR) is 152 cm³/mol. The fraction of sp³-hybridized carbons (Fsp3) is 0.500. The van der Waals surface area contributed by atoms with Gasteiger partial charge in [-0.15, -0.1) is 0 Å². The van der Waals surface area contributed by atoms with Crippen LogP contribution in [0, 0.1) is 0 Å². The van der Waals surface area contributed by atoms with E-state index in [2.05, 4.69) is 54.4 Å². The predicted octanol–water partition coefficient (Wildman–Crippen LogP) is 2.19. The first-order valence-electron chi connectivity index (χ1n) is 12.7. The Morgan fingerprint density at radius 1 is 0.727 bits per heavy atom. The third-order valence-electron chi connectivity index (χ3n) is 7.17. The summed E-state index contributed by atoms with van der Waals surface area (Å²) in [7, 11) is 0. The van der Waals surface area contributed by atoms with Gasteiger partial charge >= 0.3 is 13.6 Å². The molecule has 3 aliphatic heterocycles. The number of nitrogens with zero attached hydrogens (tertiary/aromatic N) is 8. The molecule has 24 heteroatoms. The Bertz CT molecular complexity index is 1840. The maximum Gasteiger partial charge on any atom is 0.386 e. The van der Waals surface area contributed by atoms with Crippen molar-refractivity contribution in [2.45, 2.75) is 49.2 Å². The number of hydrogen-bond acceptors (Lipinski definition) is 16. The zero-order chi connectivity index (χ0) is 31.0. The molecular weight excluding hydrogens is 672 g/mol. The van der Waals surface area contributed by atoms with E-state index in [9.17, 15) is 9.13 Å². The monoisotopic (exact) mass is 694 g/mol. The lowest BCUT2D eigenvalue weighted by molar-refractivity contribution is -0.0563. The first-order valence-corrected chi connectivity index (χ1v) is 18.1. The second kappa shape index (κ2) is 11.1. The minimum atomic E-state index is -4.43. The van der Waals surface area contributed by atoms with Crippen LogP contribution in [-0.4, -0.2) is 89.0 Å². The molecule has 7 rings (SSSR count). The van der Waals surface area contributed by atoms with Crippen LogP contribution in [0.15, 0.2) is 25.3 Å². The first-order chi connectivity index (χ1) is 20.9. The molecule has 0 aliphatic carbocycles. The van der Waals surface area contributed by atoms with Crippen LogP contribution in [0.25, 0.3) is 22.3 Å². The molecule has 4 aromatic heterocycles. The molecule has 1 unspecified atom stereocenters. The van der Waals surface area contributed by atoms with E-state index < -0.39 is 76.0 Å². The Labute approximate surface area is 255 Å². The number of ether oxygens (including phenoxy) is 2. The van der Waals surface area contributed by atoms with Crippen LogP contribution in [0.5, 0.6) is 0 Å². The second-order valence-electron chi connectivity index (χ2n) is 9.85. The zero-order valence-electron chi connectivity index (χ0n) is 21.9. The molecule has 0 aromatic carbocycles. The lowest BCUT2D eigenvalue weighted by atomic mass is 10.1. The highest BCUT2D eigenvalue weighted by Crippen LogP contribution is 2.60. The van der Waals surface area contributed by atoms with Gasteiger partial charge in [-0.05, 0) is 0 Å². The average Bonchev–Trinajstić information content (AvgIpc) is 3.73. The maximum atomic E-state index is 16.0. The summed E-state index contributed by atoms with van der Waals surface area (Å²) in [5, 5.41) is 0. The van der Waals surface area contributed by atoms with Gasteiger partial charge in [-0.2, -0.15) is 0 Å². The van der Waals surface area contributed by atoms with Crippen LogP contribution in [0.2, 0.25) is 0 Å². The molecule has 4 aromatic rings. The molecule has 2 bridgehead atoms. The van der Waals surface area contributed by atoms with Crippen molar-refractivity contribution in [2.75, 3.05) is 24.7 Å². The molecule has 0 amide bonds. The van der Waals surface area contributed by atoms with Crippen molar-refractivity contribution in [3.63, 3.8) is 0 Å². The van der Waals surface area contributed by atoms with Crippen LogP contribution in [-0.2, 0) is 36.7 Å². The van der Waals surface area contributed by atoms with Crippen molar-refractivity contribution >= 4 is 72.1 Å². The minimum absolute atomic E-state index is 0.0478. The SMILES string of the molecule is Nc1ncnc2c1ncn2[C@@H]1OC2CO[P@](=O)(S)O[C@@H]3[C@H](F)[C@@H](CO[P@@](=O)(S)O[C@H]2[C@H]1F)O[C@H]3n1cnc2c(N)ncnc21. The average molecular weight is 695 g/mol. The van der Waals surface area contributed by atoms with E-state index in [4.69, 9.17) is 39.0 Å².